The molecule has 0 unspecified atom stereocenters. The number of nitrogens with zero attached hydrogens (tertiary/aromatic N) is 3. The van der Waals surface area contributed by atoms with Crippen LogP contribution in [-0.2, 0) is 0 Å². The molecule has 6 nitrogen and oxygen atoms in total. The summed E-state index contributed by atoms with van der Waals surface area (Å²) in [6.07, 6.45) is 1.57. The molecule has 4 aromatic rings. The van der Waals surface area contributed by atoms with Crippen molar-refractivity contribution in [1.29, 1.82) is 0 Å². The topological polar surface area (TPSA) is 65.7 Å². The third-order valence-electron chi connectivity index (χ3n) is 5.78. The Balaban J connectivity index is 1.99. The quantitative estimate of drug-likeness (QED) is 0.280. The van der Waals surface area contributed by atoms with Crippen molar-refractivity contribution in [2.24, 2.45) is 5.10 Å². The van der Waals surface area contributed by atoms with E-state index in [-0.39, 0.29) is 11.5 Å². The lowest BCUT2D eigenvalue weighted by molar-refractivity contribution is 0.335. The Morgan fingerprint density at radius 3 is 2.60 bits per heavy atom. The number of hydrogen-bond acceptors (Lipinski definition) is 5. The highest BCUT2D eigenvalue weighted by molar-refractivity contribution is 6.30. The predicted molar refractivity (Wildman–Crippen MR) is 142 cm³/mol. The summed E-state index contributed by atoms with van der Waals surface area (Å²) in [5.41, 5.74) is 3.79. The maximum absolute atomic E-state index is 13.6. The van der Waals surface area contributed by atoms with Gasteiger partial charge in [-0.25, -0.2) is 4.98 Å². The lowest BCUT2D eigenvalue weighted by atomic mass is 9.96. The summed E-state index contributed by atoms with van der Waals surface area (Å²) < 4.78 is 12.7. The summed E-state index contributed by atoms with van der Waals surface area (Å²) in [7, 11) is 1.58. The van der Waals surface area contributed by atoms with E-state index in [1.54, 1.807) is 37.6 Å². The number of aromatic nitrogens is 2. The minimum atomic E-state index is -0.262. The standard InChI is InChI=1S/C28H28ClN3O3/c1-6-35-26-13-18(4)23(15-22(26)17(2)3)27-31-24-10-8-7-9-21(24)28(33)32(27)30-16-19-14-20(29)11-12-25(19)34-5/h7-17H,6H2,1-5H3. The number of hydrogen-bond donors (Lipinski definition) is 0. The van der Waals surface area contributed by atoms with Crippen LogP contribution in [0.2, 0.25) is 5.02 Å². The Morgan fingerprint density at radius 1 is 1.11 bits per heavy atom. The number of ether oxygens (including phenoxy) is 2. The molecular weight excluding hydrogens is 462 g/mol. The van der Waals surface area contributed by atoms with E-state index in [0.717, 1.165) is 22.4 Å². The number of methoxy groups -OCH3 is 1. The number of fused-ring (bicyclic) bond motifs is 1. The highest BCUT2D eigenvalue weighted by Crippen LogP contribution is 2.34. The van der Waals surface area contributed by atoms with Crippen LogP contribution in [0, 0.1) is 6.92 Å². The third-order valence-corrected chi connectivity index (χ3v) is 6.01. The first kappa shape index (κ1) is 24.5. The molecule has 0 saturated heterocycles. The molecule has 1 aromatic heterocycles. The second-order valence-corrected chi connectivity index (χ2v) is 8.93. The van der Waals surface area contributed by atoms with Crippen molar-refractivity contribution in [3.05, 3.63) is 86.7 Å². The van der Waals surface area contributed by atoms with Crippen LogP contribution >= 0.6 is 11.6 Å². The van der Waals surface area contributed by atoms with Gasteiger partial charge < -0.3 is 9.47 Å². The van der Waals surface area contributed by atoms with Gasteiger partial charge >= 0.3 is 0 Å². The second-order valence-electron chi connectivity index (χ2n) is 8.49. The number of para-hydroxylation sites is 1. The van der Waals surface area contributed by atoms with E-state index >= 15 is 0 Å². The van der Waals surface area contributed by atoms with Crippen LogP contribution in [0.4, 0.5) is 0 Å². The number of aryl methyl sites for hydroxylation is 1. The lowest BCUT2D eigenvalue weighted by Crippen LogP contribution is -2.21. The normalized spacial score (nSPS) is 11.5. The molecule has 180 valence electrons. The number of rotatable bonds is 7. The summed E-state index contributed by atoms with van der Waals surface area (Å²) >= 11 is 6.19. The largest absolute Gasteiger partial charge is 0.496 e. The zero-order valence-electron chi connectivity index (χ0n) is 20.5. The highest BCUT2D eigenvalue weighted by atomic mass is 35.5. The van der Waals surface area contributed by atoms with Gasteiger partial charge in [0.1, 0.15) is 11.5 Å². The summed E-state index contributed by atoms with van der Waals surface area (Å²) in [6.45, 7) is 8.75. The Bertz CT molecular complexity index is 1470. The van der Waals surface area contributed by atoms with Gasteiger partial charge in [0.2, 0.25) is 0 Å². The molecule has 7 heteroatoms. The lowest BCUT2D eigenvalue weighted by Gasteiger charge is -2.18. The Kier molecular flexibility index (Phi) is 7.22. The van der Waals surface area contributed by atoms with Gasteiger partial charge in [0, 0.05) is 16.1 Å². The van der Waals surface area contributed by atoms with Crippen LogP contribution in [0.3, 0.4) is 0 Å². The van der Waals surface area contributed by atoms with Crippen molar-refractivity contribution >= 4 is 28.7 Å². The Morgan fingerprint density at radius 2 is 1.89 bits per heavy atom. The van der Waals surface area contributed by atoms with Crippen molar-refractivity contribution in [3.8, 4) is 22.9 Å². The van der Waals surface area contributed by atoms with E-state index in [1.807, 2.05) is 44.2 Å². The van der Waals surface area contributed by atoms with E-state index < -0.39 is 0 Å². The van der Waals surface area contributed by atoms with Crippen molar-refractivity contribution in [2.75, 3.05) is 13.7 Å². The molecule has 0 saturated carbocycles. The van der Waals surface area contributed by atoms with E-state index in [0.29, 0.717) is 39.7 Å². The average molecular weight is 490 g/mol. The molecule has 0 N–H and O–H groups in total. The van der Waals surface area contributed by atoms with Crippen molar-refractivity contribution < 1.29 is 9.47 Å². The fourth-order valence-corrected chi connectivity index (χ4v) is 4.18. The molecule has 35 heavy (non-hydrogen) atoms. The minimum absolute atomic E-state index is 0.218. The highest BCUT2D eigenvalue weighted by Gasteiger charge is 2.18. The number of halogens is 1. The maximum Gasteiger partial charge on any atom is 0.282 e. The first-order valence-electron chi connectivity index (χ1n) is 11.5. The second kappa shape index (κ2) is 10.3. The van der Waals surface area contributed by atoms with Crippen LogP contribution in [0.5, 0.6) is 11.5 Å². The van der Waals surface area contributed by atoms with Gasteiger partial charge in [-0.15, -0.1) is 0 Å². The molecule has 0 aliphatic rings. The third kappa shape index (κ3) is 4.93. The molecule has 0 bridgehead atoms. The molecular formula is C28H28ClN3O3. The fourth-order valence-electron chi connectivity index (χ4n) is 4.00. The van der Waals surface area contributed by atoms with Gasteiger partial charge in [-0.1, -0.05) is 37.6 Å². The molecule has 0 atom stereocenters. The summed E-state index contributed by atoms with van der Waals surface area (Å²) in [4.78, 5) is 18.5. The summed E-state index contributed by atoms with van der Waals surface area (Å²) in [5, 5.41) is 5.60. The maximum atomic E-state index is 13.6. The van der Waals surface area contributed by atoms with Gasteiger partial charge in [-0.2, -0.15) is 9.78 Å². The Labute approximate surface area is 209 Å². The van der Waals surface area contributed by atoms with E-state index in [2.05, 4.69) is 18.9 Å². The van der Waals surface area contributed by atoms with Crippen LogP contribution in [0.25, 0.3) is 22.3 Å². The smallest absolute Gasteiger partial charge is 0.282 e. The SMILES string of the molecule is CCOc1cc(C)c(-c2nc3ccccc3c(=O)n2N=Cc2cc(Cl)ccc2OC)cc1C(C)C. The molecule has 0 aliphatic carbocycles. The molecule has 4 rings (SSSR count). The molecule has 3 aromatic carbocycles. The average Bonchev–Trinajstić information content (AvgIpc) is 2.83. The van der Waals surface area contributed by atoms with Crippen molar-refractivity contribution in [3.63, 3.8) is 0 Å². The minimum Gasteiger partial charge on any atom is -0.496 e. The number of benzene rings is 3. The zero-order chi connectivity index (χ0) is 25.1. The van der Waals surface area contributed by atoms with Crippen LogP contribution in [0.15, 0.2) is 64.5 Å². The van der Waals surface area contributed by atoms with Crippen molar-refractivity contribution in [1.82, 2.24) is 9.66 Å². The van der Waals surface area contributed by atoms with Crippen LogP contribution in [-0.4, -0.2) is 29.6 Å². The molecule has 0 aliphatic heterocycles. The van der Waals surface area contributed by atoms with E-state index in [9.17, 15) is 4.79 Å². The molecule has 1 heterocycles. The molecule has 0 spiro atoms. The Hall–Kier alpha value is -3.64. The van der Waals surface area contributed by atoms with Crippen LogP contribution in [0.1, 0.15) is 43.4 Å². The first-order valence-corrected chi connectivity index (χ1v) is 11.9. The van der Waals surface area contributed by atoms with Gasteiger partial charge in [0.05, 0.1) is 30.8 Å². The van der Waals surface area contributed by atoms with E-state index in [4.69, 9.17) is 26.1 Å². The van der Waals surface area contributed by atoms with Crippen LogP contribution < -0.4 is 15.0 Å². The van der Waals surface area contributed by atoms with Crippen molar-refractivity contribution in [2.45, 2.75) is 33.6 Å². The fraction of sp³-hybridized carbons (Fsp3) is 0.250. The molecule has 0 fully saturated rings. The van der Waals surface area contributed by atoms with Gasteiger partial charge in [0.25, 0.3) is 5.56 Å². The predicted octanol–water partition coefficient (Wildman–Crippen LogP) is 6.44. The summed E-state index contributed by atoms with van der Waals surface area (Å²) in [6, 6.07) is 16.6. The van der Waals surface area contributed by atoms with Gasteiger partial charge in [-0.05, 0) is 73.4 Å². The monoisotopic (exact) mass is 489 g/mol. The summed E-state index contributed by atoms with van der Waals surface area (Å²) in [5.74, 6) is 2.11. The zero-order valence-corrected chi connectivity index (χ0v) is 21.3. The van der Waals surface area contributed by atoms with E-state index in [1.165, 1.54) is 4.68 Å². The van der Waals surface area contributed by atoms with Gasteiger partial charge in [0.15, 0.2) is 5.82 Å². The van der Waals surface area contributed by atoms with Gasteiger partial charge in [-0.3, -0.25) is 4.79 Å². The molecule has 0 amide bonds. The first-order chi connectivity index (χ1) is 16.8. The molecule has 0 radical (unpaired) electrons.